The molecule has 1 aromatic rings. The van der Waals surface area contributed by atoms with E-state index in [2.05, 4.69) is 21.2 Å². The van der Waals surface area contributed by atoms with Gasteiger partial charge < -0.3 is 0 Å². The maximum Gasteiger partial charge on any atom is 0.230 e. The summed E-state index contributed by atoms with van der Waals surface area (Å²) < 4.78 is 0.996. The summed E-state index contributed by atoms with van der Waals surface area (Å²) in [7, 11) is 0. The van der Waals surface area contributed by atoms with E-state index in [4.69, 9.17) is 0 Å². The van der Waals surface area contributed by atoms with E-state index in [9.17, 15) is 9.59 Å². The fraction of sp³-hybridized carbons (Fsp3) is 0.500. The van der Waals surface area contributed by atoms with Crippen LogP contribution in [-0.4, -0.2) is 11.8 Å². The predicted molar refractivity (Wildman–Crippen MR) is 80.1 cm³/mol. The van der Waals surface area contributed by atoms with Crippen molar-refractivity contribution >= 4 is 27.7 Å². The van der Waals surface area contributed by atoms with E-state index in [-0.39, 0.29) is 23.7 Å². The minimum Gasteiger partial charge on any atom is -0.296 e. The Kier molecular flexibility index (Phi) is 3.92. The highest BCUT2D eigenvalue weighted by Crippen LogP contribution is 2.44. The van der Waals surface area contributed by atoms with Crippen molar-refractivity contribution < 1.29 is 9.59 Å². The van der Waals surface area contributed by atoms with Crippen molar-refractivity contribution in [1.82, 2.24) is 5.32 Å². The van der Waals surface area contributed by atoms with E-state index in [1.165, 1.54) is 12.8 Å². The van der Waals surface area contributed by atoms with Crippen molar-refractivity contribution in [1.29, 1.82) is 0 Å². The van der Waals surface area contributed by atoms with Crippen LogP contribution >= 0.6 is 15.9 Å². The summed E-state index contributed by atoms with van der Waals surface area (Å²) in [5, 5.41) is 2.53. The molecule has 0 bridgehead atoms. The zero-order chi connectivity index (χ0) is 14.1. The molecule has 1 N–H and O–H groups in total. The Morgan fingerprint density at radius 1 is 1.10 bits per heavy atom. The van der Waals surface area contributed by atoms with Crippen molar-refractivity contribution in [2.24, 2.45) is 11.8 Å². The van der Waals surface area contributed by atoms with Crippen LogP contribution in [0.1, 0.15) is 43.6 Å². The van der Waals surface area contributed by atoms with Gasteiger partial charge in [0.05, 0.1) is 0 Å². The molecule has 0 spiro atoms. The second kappa shape index (κ2) is 5.68. The molecule has 106 valence electrons. The van der Waals surface area contributed by atoms with E-state index < -0.39 is 0 Å². The number of piperidine rings is 1. The van der Waals surface area contributed by atoms with E-state index >= 15 is 0 Å². The van der Waals surface area contributed by atoms with Crippen molar-refractivity contribution in [3.8, 4) is 0 Å². The molecule has 4 heteroatoms. The minimum absolute atomic E-state index is 0.00919. The number of carbonyl (C=O) groups is 2. The van der Waals surface area contributed by atoms with E-state index in [1.54, 1.807) is 0 Å². The van der Waals surface area contributed by atoms with Gasteiger partial charge in [0.25, 0.3) is 0 Å². The average Bonchev–Trinajstić information content (AvgIpc) is 2.92. The number of hydrogen-bond donors (Lipinski definition) is 1. The summed E-state index contributed by atoms with van der Waals surface area (Å²) in [4.78, 5) is 24.1. The third-order valence-electron chi connectivity index (χ3n) is 4.62. The summed E-state index contributed by atoms with van der Waals surface area (Å²) >= 11 is 3.56. The van der Waals surface area contributed by atoms with Gasteiger partial charge in [0.15, 0.2) is 0 Å². The number of hydrogen-bond acceptors (Lipinski definition) is 2. The first-order valence-corrected chi connectivity index (χ1v) is 8.04. The van der Waals surface area contributed by atoms with Crippen LogP contribution in [-0.2, 0) is 9.59 Å². The van der Waals surface area contributed by atoms with Gasteiger partial charge in [0.2, 0.25) is 11.8 Å². The van der Waals surface area contributed by atoms with Gasteiger partial charge in [-0.2, -0.15) is 0 Å². The Hall–Kier alpha value is -1.16. The first kappa shape index (κ1) is 13.8. The number of carbonyl (C=O) groups excluding carboxylic acids is 2. The summed E-state index contributed by atoms with van der Waals surface area (Å²) in [5.74, 6) is 0.142. The molecule has 1 aliphatic heterocycles. The van der Waals surface area contributed by atoms with Crippen molar-refractivity contribution in [3.63, 3.8) is 0 Å². The van der Waals surface area contributed by atoms with Crippen molar-refractivity contribution in [2.75, 3.05) is 0 Å². The highest BCUT2D eigenvalue weighted by Gasteiger charge is 2.42. The standard InChI is InChI=1S/C16H18BrNO2/c17-13-8-4-3-7-11(13)12-9-14(19)18-16(20)15(12)10-5-1-2-6-10/h3-4,7-8,10,12,15H,1-2,5-6,9H2,(H,18,19,20). The quantitative estimate of drug-likeness (QED) is 0.842. The molecule has 1 saturated heterocycles. The molecule has 2 amide bonds. The fourth-order valence-electron chi connectivity index (χ4n) is 3.72. The SMILES string of the molecule is O=C1CC(c2ccccc2Br)C(C2CCCC2)C(=O)N1. The third kappa shape index (κ3) is 2.53. The largest absolute Gasteiger partial charge is 0.296 e. The monoisotopic (exact) mass is 335 g/mol. The number of imide groups is 1. The second-order valence-corrected chi connectivity index (χ2v) is 6.67. The second-order valence-electron chi connectivity index (χ2n) is 5.81. The summed E-state index contributed by atoms with van der Waals surface area (Å²) in [5.41, 5.74) is 1.09. The Labute approximate surface area is 127 Å². The average molecular weight is 336 g/mol. The Bertz CT molecular complexity index is 537. The van der Waals surface area contributed by atoms with Gasteiger partial charge in [-0.1, -0.05) is 47.0 Å². The number of rotatable bonds is 2. The van der Waals surface area contributed by atoms with Crippen LogP contribution in [0.4, 0.5) is 0 Å². The van der Waals surface area contributed by atoms with Crippen LogP contribution in [0.15, 0.2) is 28.7 Å². The lowest BCUT2D eigenvalue weighted by Crippen LogP contribution is -2.47. The van der Waals surface area contributed by atoms with Crippen LogP contribution in [0.2, 0.25) is 0 Å². The lowest BCUT2D eigenvalue weighted by Gasteiger charge is -2.34. The molecular formula is C16H18BrNO2. The summed E-state index contributed by atoms with van der Waals surface area (Å²) in [6, 6.07) is 7.95. The molecule has 3 rings (SSSR count). The van der Waals surface area contributed by atoms with Crippen LogP contribution in [0.3, 0.4) is 0 Å². The number of benzene rings is 1. The van der Waals surface area contributed by atoms with Gasteiger partial charge in [0, 0.05) is 22.7 Å². The van der Waals surface area contributed by atoms with Crippen LogP contribution in [0.5, 0.6) is 0 Å². The van der Waals surface area contributed by atoms with Gasteiger partial charge in [-0.15, -0.1) is 0 Å². The molecule has 20 heavy (non-hydrogen) atoms. The van der Waals surface area contributed by atoms with Gasteiger partial charge in [-0.25, -0.2) is 0 Å². The summed E-state index contributed by atoms with van der Waals surface area (Å²) in [6.07, 6.45) is 5.02. The van der Waals surface area contributed by atoms with Crippen LogP contribution in [0.25, 0.3) is 0 Å². The molecule has 2 unspecified atom stereocenters. The first-order valence-electron chi connectivity index (χ1n) is 7.25. The molecule has 1 aromatic carbocycles. The maximum atomic E-state index is 12.3. The molecule has 1 aliphatic carbocycles. The zero-order valence-corrected chi connectivity index (χ0v) is 12.9. The highest BCUT2D eigenvalue weighted by molar-refractivity contribution is 9.10. The lowest BCUT2D eigenvalue weighted by atomic mass is 9.73. The Balaban J connectivity index is 1.97. The molecule has 1 saturated carbocycles. The molecule has 0 aromatic heterocycles. The molecule has 1 heterocycles. The van der Waals surface area contributed by atoms with Crippen LogP contribution < -0.4 is 5.32 Å². The fourth-order valence-corrected chi connectivity index (χ4v) is 4.30. The van der Waals surface area contributed by atoms with E-state index in [0.29, 0.717) is 12.3 Å². The van der Waals surface area contributed by atoms with Crippen LogP contribution in [0, 0.1) is 11.8 Å². The number of amides is 2. The summed E-state index contributed by atoms with van der Waals surface area (Å²) in [6.45, 7) is 0. The van der Waals surface area contributed by atoms with Crippen molar-refractivity contribution in [3.05, 3.63) is 34.3 Å². The predicted octanol–water partition coefficient (Wildman–Crippen LogP) is 3.39. The van der Waals surface area contributed by atoms with Gasteiger partial charge >= 0.3 is 0 Å². The normalized spacial score (nSPS) is 27.6. The van der Waals surface area contributed by atoms with Gasteiger partial charge in [-0.05, 0) is 30.4 Å². The smallest absolute Gasteiger partial charge is 0.230 e. The van der Waals surface area contributed by atoms with Gasteiger partial charge in [-0.3, -0.25) is 14.9 Å². The molecule has 2 atom stereocenters. The maximum absolute atomic E-state index is 12.3. The molecule has 3 nitrogen and oxygen atoms in total. The Morgan fingerprint density at radius 2 is 1.80 bits per heavy atom. The third-order valence-corrected chi connectivity index (χ3v) is 5.34. The molecule has 2 fully saturated rings. The molecule has 0 radical (unpaired) electrons. The lowest BCUT2D eigenvalue weighted by molar-refractivity contribution is -0.138. The van der Waals surface area contributed by atoms with E-state index in [1.807, 2.05) is 24.3 Å². The number of halogens is 1. The highest BCUT2D eigenvalue weighted by atomic mass is 79.9. The molecule has 2 aliphatic rings. The zero-order valence-electron chi connectivity index (χ0n) is 11.3. The van der Waals surface area contributed by atoms with Crippen molar-refractivity contribution in [2.45, 2.75) is 38.0 Å². The van der Waals surface area contributed by atoms with E-state index in [0.717, 1.165) is 22.9 Å². The topological polar surface area (TPSA) is 46.2 Å². The Morgan fingerprint density at radius 3 is 2.50 bits per heavy atom. The number of nitrogens with one attached hydrogen (secondary N) is 1. The molecular weight excluding hydrogens is 318 g/mol. The van der Waals surface area contributed by atoms with Gasteiger partial charge in [0.1, 0.15) is 0 Å². The minimum atomic E-state index is -0.148. The first-order chi connectivity index (χ1) is 9.66.